The average Bonchev–Trinajstić information content (AvgIpc) is 3.28. The van der Waals surface area contributed by atoms with Crippen LogP contribution >= 0.6 is 0 Å². The molecular formula is C25H20F4N2O5S. The van der Waals surface area contributed by atoms with Crippen molar-refractivity contribution in [3.8, 4) is 0 Å². The molecule has 1 amide bonds. The summed E-state index contributed by atoms with van der Waals surface area (Å²) in [5.74, 6) is -2.43. The molecule has 4 rings (SSSR count). The SMILES string of the molecule is CCOC(=O)c1ccc(NC(=O)c2ccc3c(c2)N(S(=O)(=O)c2cccc(C(F)(F)F)c2)CC3)cc1F. The quantitative estimate of drug-likeness (QED) is 0.353. The van der Waals surface area contributed by atoms with Crippen LogP contribution < -0.4 is 9.62 Å². The molecule has 1 N–H and O–H groups in total. The van der Waals surface area contributed by atoms with E-state index in [1.54, 1.807) is 13.0 Å². The van der Waals surface area contributed by atoms with Gasteiger partial charge in [-0.25, -0.2) is 17.6 Å². The molecule has 1 heterocycles. The second-order valence-corrected chi connectivity index (χ2v) is 9.93. The number of benzene rings is 3. The molecule has 0 unspecified atom stereocenters. The summed E-state index contributed by atoms with van der Waals surface area (Å²) in [4.78, 5) is 24.0. The Labute approximate surface area is 209 Å². The highest BCUT2D eigenvalue weighted by atomic mass is 32.2. The van der Waals surface area contributed by atoms with Crippen LogP contribution in [0.3, 0.4) is 0 Å². The highest BCUT2D eigenvalue weighted by Crippen LogP contribution is 2.36. The molecule has 7 nitrogen and oxygen atoms in total. The van der Waals surface area contributed by atoms with Crippen molar-refractivity contribution in [3.05, 3.63) is 88.7 Å². The van der Waals surface area contributed by atoms with Crippen LogP contribution in [0.15, 0.2) is 65.6 Å². The summed E-state index contributed by atoms with van der Waals surface area (Å²) in [6, 6.07) is 11.2. The van der Waals surface area contributed by atoms with Crippen LogP contribution in [0.4, 0.5) is 28.9 Å². The van der Waals surface area contributed by atoms with Gasteiger partial charge < -0.3 is 10.1 Å². The van der Waals surface area contributed by atoms with Crippen molar-refractivity contribution >= 4 is 33.3 Å². The van der Waals surface area contributed by atoms with Crippen molar-refractivity contribution in [2.45, 2.75) is 24.4 Å². The molecule has 0 radical (unpaired) electrons. The molecule has 194 valence electrons. The maximum atomic E-state index is 14.3. The van der Waals surface area contributed by atoms with Crippen LogP contribution in [0.5, 0.6) is 0 Å². The number of ether oxygens (including phenoxy) is 1. The topological polar surface area (TPSA) is 92.8 Å². The van der Waals surface area contributed by atoms with Gasteiger partial charge in [-0.15, -0.1) is 0 Å². The largest absolute Gasteiger partial charge is 0.462 e. The molecule has 3 aromatic rings. The molecular weight excluding hydrogens is 516 g/mol. The zero-order chi connectivity index (χ0) is 27.0. The molecule has 0 aromatic heterocycles. The monoisotopic (exact) mass is 536 g/mol. The first-order chi connectivity index (χ1) is 17.4. The number of hydrogen-bond donors (Lipinski definition) is 1. The van der Waals surface area contributed by atoms with E-state index < -0.39 is 44.4 Å². The number of carbonyl (C=O) groups excluding carboxylic acids is 2. The Balaban J connectivity index is 1.59. The zero-order valence-electron chi connectivity index (χ0n) is 19.3. The molecule has 0 saturated carbocycles. The number of rotatable bonds is 6. The van der Waals surface area contributed by atoms with Gasteiger partial charge in [0, 0.05) is 17.8 Å². The van der Waals surface area contributed by atoms with Crippen LogP contribution in [0.25, 0.3) is 0 Å². The third kappa shape index (κ3) is 5.29. The smallest absolute Gasteiger partial charge is 0.416 e. The van der Waals surface area contributed by atoms with Gasteiger partial charge in [-0.1, -0.05) is 12.1 Å². The van der Waals surface area contributed by atoms with E-state index in [1.165, 1.54) is 18.2 Å². The second-order valence-electron chi connectivity index (χ2n) is 8.07. The summed E-state index contributed by atoms with van der Waals surface area (Å²) in [5.41, 5.74) is -0.551. The van der Waals surface area contributed by atoms with E-state index in [9.17, 15) is 35.6 Å². The molecule has 0 aliphatic carbocycles. The number of fused-ring (bicyclic) bond motifs is 1. The van der Waals surface area contributed by atoms with Crippen molar-refractivity contribution < 1.29 is 40.3 Å². The molecule has 12 heteroatoms. The first-order valence-electron chi connectivity index (χ1n) is 11.0. The lowest BCUT2D eigenvalue weighted by Crippen LogP contribution is -2.29. The van der Waals surface area contributed by atoms with Crippen molar-refractivity contribution in [1.82, 2.24) is 0 Å². The molecule has 1 aliphatic heterocycles. The number of esters is 1. The van der Waals surface area contributed by atoms with Gasteiger partial charge in [0.1, 0.15) is 5.82 Å². The second kappa shape index (κ2) is 9.85. The lowest BCUT2D eigenvalue weighted by atomic mass is 10.1. The molecule has 3 aromatic carbocycles. The van der Waals surface area contributed by atoms with E-state index in [0.29, 0.717) is 18.1 Å². The van der Waals surface area contributed by atoms with E-state index in [4.69, 9.17) is 4.74 Å². The normalized spacial score (nSPS) is 13.3. The molecule has 37 heavy (non-hydrogen) atoms. The van der Waals surface area contributed by atoms with Gasteiger partial charge in [-0.2, -0.15) is 13.2 Å². The minimum Gasteiger partial charge on any atom is -0.462 e. The highest BCUT2D eigenvalue weighted by molar-refractivity contribution is 7.92. The average molecular weight is 537 g/mol. The number of nitrogens with zero attached hydrogens (tertiary/aromatic N) is 1. The number of anilines is 2. The summed E-state index contributed by atoms with van der Waals surface area (Å²) >= 11 is 0. The summed E-state index contributed by atoms with van der Waals surface area (Å²) in [5, 5.41) is 2.47. The van der Waals surface area contributed by atoms with Gasteiger partial charge >= 0.3 is 12.1 Å². The van der Waals surface area contributed by atoms with Crippen molar-refractivity contribution in [2.24, 2.45) is 0 Å². The number of halogens is 4. The fourth-order valence-electron chi connectivity index (χ4n) is 3.87. The van der Waals surface area contributed by atoms with Crippen LogP contribution in [-0.2, 0) is 27.4 Å². The Morgan fingerprint density at radius 2 is 1.81 bits per heavy atom. The molecule has 0 fully saturated rings. The van der Waals surface area contributed by atoms with Crippen LogP contribution in [0.2, 0.25) is 0 Å². The number of alkyl halides is 3. The number of amides is 1. The van der Waals surface area contributed by atoms with Gasteiger partial charge in [0.2, 0.25) is 0 Å². The van der Waals surface area contributed by atoms with Crippen molar-refractivity contribution in [1.29, 1.82) is 0 Å². The number of nitrogens with one attached hydrogen (secondary N) is 1. The Morgan fingerprint density at radius 1 is 1.05 bits per heavy atom. The molecule has 0 saturated heterocycles. The third-order valence-electron chi connectivity index (χ3n) is 5.67. The number of carbonyl (C=O) groups is 2. The standard InChI is InChI=1S/C25H20F4N2O5S/c1-2-36-24(33)20-9-8-18(14-21(20)26)30-23(32)16-7-6-15-10-11-31(22(15)12-16)37(34,35)19-5-3-4-17(13-19)25(27,28)29/h3-9,12-14H,2,10-11H2,1H3,(H,30,32). The van der Waals surface area contributed by atoms with E-state index in [2.05, 4.69) is 5.32 Å². The van der Waals surface area contributed by atoms with E-state index in [-0.39, 0.29) is 35.7 Å². The number of sulfonamides is 1. The minimum absolute atomic E-state index is 0.0144. The molecule has 0 spiro atoms. The van der Waals surface area contributed by atoms with E-state index >= 15 is 0 Å². The van der Waals surface area contributed by atoms with Gasteiger partial charge in [0.25, 0.3) is 15.9 Å². The molecule has 0 bridgehead atoms. The van der Waals surface area contributed by atoms with Crippen molar-refractivity contribution in [3.63, 3.8) is 0 Å². The van der Waals surface area contributed by atoms with Gasteiger partial charge in [0.05, 0.1) is 28.3 Å². The number of hydrogen-bond acceptors (Lipinski definition) is 5. The maximum absolute atomic E-state index is 14.3. The zero-order valence-corrected chi connectivity index (χ0v) is 20.1. The van der Waals surface area contributed by atoms with E-state index in [0.717, 1.165) is 34.6 Å². The van der Waals surface area contributed by atoms with Gasteiger partial charge in [0.15, 0.2) is 0 Å². The highest BCUT2D eigenvalue weighted by Gasteiger charge is 2.35. The summed E-state index contributed by atoms with van der Waals surface area (Å²) in [6.07, 6.45) is -4.41. The summed E-state index contributed by atoms with van der Waals surface area (Å²) in [6.45, 7) is 1.63. The Bertz CT molecular complexity index is 1490. The first kappa shape index (κ1) is 26.1. The minimum atomic E-state index is -4.71. The maximum Gasteiger partial charge on any atom is 0.416 e. The lowest BCUT2D eigenvalue weighted by molar-refractivity contribution is -0.137. The van der Waals surface area contributed by atoms with Gasteiger partial charge in [-0.3, -0.25) is 9.10 Å². The van der Waals surface area contributed by atoms with E-state index in [1.807, 2.05) is 0 Å². The predicted molar refractivity (Wildman–Crippen MR) is 126 cm³/mol. The Morgan fingerprint density at radius 3 is 2.49 bits per heavy atom. The van der Waals surface area contributed by atoms with Crippen LogP contribution in [-0.4, -0.2) is 33.4 Å². The van der Waals surface area contributed by atoms with Crippen LogP contribution in [0.1, 0.15) is 38.8 Å². The Kier molecular flexibility index (Phi) is 6.96. The predicted octanol–water partition coefficient (Wildman–Crippen LogP) is 5.02. The Hall–Kier alpha value is -3.93. The first-order valence-corrected chi connectivity index (χ1v) is 12.5. The summed E-state index contributed by atoms with van der Waals surface area (Å²) < 4.78 is 85.8. The molecule has 0 atom stereocenters. The fraction of sp³-hybridized carbons (Fsp3) is 0.200. The lowest BCUT2D eigenvalue weighted by Gasteiger charge is -2.21. The third-order valence-corrected chi connectivity index (χ3v) is 7.48. The van der Waals surface area contributed by atoms with Crippen molar-refractivity contribution in [2.75, 3.05) is 22.8 Å². The fourth-order valence-corrected chi connectivity index (χ4v) is 5.41. The van der Waals surface area contributed by atoms with Crippen LogP contribution in [0, 0.1) is 5.82 Å². The van der Waals surface area contributed by atoms with Gasteiger partial charge in [-0.05, 0) is 67.4 Å². The summed E-state index contributed by atoms with van der Waals surface area (Å²) in [7, 11) is -4.35. The molecule has 1 aliphatic rings.